The van der Waals surface area contributed by atoms with Crippen LogP contribution in [0.25, 0.3) is 0 Å². The van der Waals surface area contributed by atoms with Crippen LogP contribution in [0.1, 0.15) is 18.0 Å². The van der Waals surface area contributed by atoms with E-state index in [9.17, 15) is 9.18 Å². The maximum absolute atomic E-state index is 13.3. The van der Waals surface area contributed by atoms with E-state index >= 15 is 0 Å². The third-order valence-corrected chi connectivity index (χ3v) is 4.29. The fourth-order valence-corrected chi connectivity index (χ4v) is 2.96. The van der Waals surface area contributed by atoms with Gasteiger partial charge >= 0.3 is 0 Å². The van der Waals surface area contributed by atoms with Gasteiger partial charge in [-0.05, 0) is 48.0 Å². The Morgan fingerprint density at radius 3 is 2.54 bits per heavy atom. The number of ether oxygens (including phenoxy) is 1. The van der Waals surface area contributed by atoms with Crippen LogP contribution < -0.4 is 10.1 Å². The molecule has 0 aliphatic heterocycles. The molecule has 0 spiro atoms. The number of carbonyl (C=O) groups is 1. The average molecular weight is 373 g/mol. The number of rotatable bonds is 6. The van der Waals surface area contributed by atoms with Crippen LogP contribution in [-0.2, 0) is 4.79 Å². The lowest BCUT2D eigenvalue weighted by Gasteiger charge is -2.20. The number of amides is 1. The summed E-state index contributed by atoms with van der Waals surface area (Å²) >= 11 is 6.01. The van der Waals surface area contributed by atoms with E-state index in [1.54, 1.807) is 30.3 Å². The number of hydrogen-bond acceptors (Lipinski definition) is 2. The van der Waals surface area contributed by atoms with E-state index in [0.29, 0.717) is 16.5 Å². The quantitative estimate of drug-likeness (QED) is 0.668. The van der Waals surface area contributed by atoms with Crippen LogP contribution in [0.2, 0.25) is 5.02 Å². The average Bonchev–Trinajstić information content (AvgIpc) is 3.15. The molecule has 6 heteroatoms. The highest BCUT2D eigenvalue weighted by Crippen LogP contribution is 2.29. The number of halogens is 2. The molecule has 1 aromatic heterocycles. The van der Waals surface area contributed by atoms with Crippen molar-refractivity contribution in [2.24, 2.45) is 0 Å². The number of carbonyl (C=O) groups excluding carboxylic acids is 1. The molecule has 0 fully saturated rings. The minimum atomic E-state index is -0.312. The van der Waals surface area contributed by atoms with Gasteiger partial charge in [0.05, 0.1) is 25.3 Å². The van der Waals surface area contributed by atoms with E-state index in [4.69, 9.17) is 16.3 Å². The van der Waals surface area contributed by atoms with Gasteiger partial charge in [-0.15, -0.1) is 0 Å². The molecule has 0 radical (unpaired) electrons. The molecular formula is C20H18ClFN2O2. The minimum absolute atomic E-state index is 0.177. The summed E-state index contributed by atoms with van der Waals surface area (Å²) in [5, 5.41) is 3.34. The third kappa shape index (κ3) is 4.24. The summed E-state index contributed by atoms with van der Waals surface area (Å²) in [6.07, 6.45) is 3.93. The van der Waals surface area contributed by atoms with Crippen LogP contribution in [0.4, 0.5) is 10.1 Å². The fourth-order valence-electron chi connectivity index (χ4n) is 2.79. The van der Waals surface area contributed by atoms with Crippen LogP contribution in [0, 0.1) is 5.82 Å². The zero-order valence-electron chi connectivity index (χ0n) is 14.2. The summed E-state index contributed by atoms with van der Waals surface area (Å²) in [5.74, 6) is 0.0174. The summed E-state index contributed by atoms with van der Waals surface area (Å²) in [6.45, 7) is 0. The van der Waals surface area contributed by atoms with Crippen molar-refractivity contribution in [3.63, 3.8) is 0 Å². The molecular weight excluding hydrogens is 355 g/mol. The monoisotopic (exact) mass is 372 g/mol. The first-order valence-electron chi connectivity index (χ1n) is 8.08. The van der Waals surface area contributed by atoms with Gasteiger partial charge in [0.15, 0.2) is 0 Å². The van der Waals surface area contributed by atoms with E-state index in [1.165, 1.54) is 19.2 Å². The Kier molecular flexibility index (Phi) is 5.58. The molecule has 0 aliphatic carbocycles. The molecule has 0 bridgehead atoms. The number of hydrogen-bond donors (Lipinski definition) is 1. The Hall–Kier alpha value is -2.79. The number of anilines is 1. The van der Waals surface area contributed by atoms with Crippen molar-refractivity contribution < 1.29 is 13.9 Å². The number of aromatic nitrogens is 1. The number of nitrogens with zero attached hydrogens (tertiary/aromatic N) is 1. The predicted molar refractivity (Wildman–Crippen MR) is 100 cm³/mol. The molecule has 1 N–H and O–H groups in total. The van der Waals surface area contributed by atoms with Gasteiger partial charge in [0.1, 0.15) is 11.6 Å². The molecule has 3 aromatic rings. The minimum Gasteiger partial charge on any atom is -0.495 e. The SMILES string of the molecule is COc1ccc(Cl)cc1NC(=O)CC(c1ccc(F)cc1)n1cccc1. The molecule has 4 nitrogen and oxygen atoms in total. The number of nitrogens with one attached hydrogen (secondary N) is 1. The molecule has 0 saturated heterocycles. The number of benzene rings is 2. The van der Waals surface area contributed by atoms with Gasteiger partial charge in [-0.25, -0.2) is 4.39 Å². The molecule has 0 saturated carbocycles. The van der Waals surface area contributed by atoms with Gasteiger partial charge in [-0.1, -0.05) is 23.7 Å². The van der Waals surface area contributed by atoms with E-state index in [1.807, 2.05) is 29.1 Å². The van der Waals surface area contributed by atoms with Crippen LogP contribution in [0.15, 0.2) is 67.0 Å². The fraction of sp³-hybridized carbons (Fsp3) is 0.150. The van der Waals surface area contributed by atoms with Crippen molar-refractivity contribution in [1.82, 2.24) is 4.57 Å². The maximum Gasteiger partial charge on any atom is 0.226 e. The molecule has 2 aromatic carbocycles. The van der Waals surface area contributed by atoms with Gasteiger partial charge in [0.25, 0.3) is 0 Å². The first-order chi connectivity index (χ1) is 12.6. The molecule has 134 valence electrons. The van der Waals surface area contributed by atoms with Crippen molar-refractivity contribution in [3.05, 3.63) is 83.4 Å². The molecule has 1 unspecified atom stereocenters. The lowest BCUT2D eigenvalue weighted by atomic mass is 10.0. The zero-order chi connectivity index (χ0) is 18.5. The van der Waals surface area contributed by atoms with Gasteiger partial charge in [0, 0.05) is 17.4 Å². The lowest BCUT2D eigenvalue weighted by molar-refractivity contribution is -0.116. The Labute approximate surface area is 156 Å². The normalized spacial score (nSPS) is 11.8. The Morgan fingerprint density at radius 1 is 1.19 bits per heavy atom. The standard InChI is InChI=1S/C20H18ClFN2O2/c1-26-19-9-6-15(21)12-17(19)23-20(25)13-18(24-10-2-3-11-24)14-4-7-16(22)8-5-14/h2-12,18H,13H2,1H3,(H,23,25). The van der Waals surface area contributed by atoms with Crippen molar-refractivity contribution in [1.29, 1.82) is 0 Å². The molecule has 3 rings (SSSR count). The maximum atomic E-state index is 13.3. The van der Waals surface area contributed by atoms with E-state index in [0.717, 1.165) is 5.56 Å². The highest BCUT2D eigenvalue weighted by molar-refractivity contribution is 6.31. The predicted octanol–water partition coefficient (Wildman–Crippen LogP) is 4.91. The van der Waals surface area contributed by atoms with E-state index in [2.05, 4.69) is 5.32 Å². The first-order valence-corrected chi connectivity index (χ1v) is 8.46. The van der Waals surface area contributed by atoms with Gasteiger partial charge in [-0.3, -0.25) is 4.79 Å². The molecule has 1 amide bonds. The highest BCUT2D eigenvalue weighted by Gasteiger charge is 2.18. The smallest absolute Gasteiger partial charge is 0.226 e. The van der Waals surface area contributed by atoms with Crippen molar-refractivity contribution in [2.45, 2.75) is 12.5 Å². The van der Waals surface area contributed by atoms with Crippen LogP contribution in [-0.4, -0.2) is 17.6 Å². The second-order valence-corrected chi connectivity index (χ2v) is 6.23. The first kappa shape index (κ1) is 18.0. The summed E-state index contributed by atoms with van der Waals surface area (Å²) in [6, 6.07) is 14.7. The van der Waals surface area contributed by atoms with Crippen LogP contribution in [0.3, 0.4) is 0 Å². The summed E-state index contributed by atoms with van der Waals surface area (Å²) in [7, 11) is 1.53. The summed E-state index contributed by atoms with van der Waals surface area (Å²) < 4.78 is 20.4. The molecule has 1 heterocycles. The highest BCUT2D eigenvalue weighted by atomic mass is 35.5. The van der Waals surface area contributed by atoms with Gasteiger partial charge in [0.2, 0.25) is 5.91 Å². The topological polar surface area (TPSA) is 43.3 Å². The number of methoxy groups -OCH3 is 1. The molecule has 26 heavy (non-hydrogen) atoms. The second kappa shape index (κ2) is 8.06. The zero-order valence-corrected chi connectivity index (χ0v) is 14.9. The largest absolute Gasteiger partial charge is 0.495 e. The van der Waals surface area contributed by atoms with Crippen molar-refractivity contribution in [2.75, 3.05) is 12.4 Å². The third-order valence-electron chi connectivity index (χ3n) is 4.06. The molecule has 0 aliphatic rings. The molecule has 1 atom stereocenters. The van der Waals surface area contributed by atoms with Crippen LogP contribution in [0.5, 0.6) is 5.75 Å². The van der Waals surface area contributed by atoms with E-state index in [-0.39, 0.29) is 24.2 Å². The second-order valence-electron chi connectivity index (χ2n) is 5.79. The van der Waals surface area contributed by atoms with Crippen molar-refractivity contribution in [3.8, 4) is 5.75 Å². The van der Waals surface area contributed by atoms with E-state index < -0.39 is 0 Å². The van der Waals surface area contributed by atoms with Gasteiger partial charge < -0.3 is 14.6 Å². The van der Waals surface area contributed by atoms with Crippen molar-refractivity contribution >= 4 is 23.2 Å². The lowest BCUT2D eigenvalue weighted by Crippen LogP contribution is -2.20. The summed E-state index contributed by atoms with van der Waals surface area (Å²) in [4.78, 5) is 12.6. The summed E-state index contributed by atoms with van der Waals surface area (Å²) in [5.41, 5.74) is 1.35. The Bertz CT molecular complexity index is 879. The Morgan fingerprint density at radius 2 is 1.88 bits per heavy atom. The Balaban J connectivity index is 1.82. The van der Waals surface area contributed by atoms with Gasteiger partial charge in [-0.2, -0.15) is 0 Å². The van der Waals surface area contributed by atoms with Crippen LogP contribution >= 0.6 is 11.6 Å².